The van der Waals surface area contributed by atoms with Gasteiger partial charge in [0.1, 0.15) is 0 Å². The maximum absolute atomic E-state index is 11.3. The van der Waals surface area contributed by atoms with Crippen molar-refractivity contribution in [2.45, 2.75) is 0 Å². The van der Waals surface area contributed by atoms with E-state index in [-0.39, 0.29) is 0 Å². The highest BCUT2D eigenvalue weighted by molar-refractivity contribution is 6.33. The van der Waals surface area contributed by atoms with Gasteiger partial charge in [-0.2, -0.15) is 5.10 Å². The molecule has 16 heavy (non-hydrogen) atoms. The molecule has 1 N–H and O–H groups in total. The third-order valence-corrected chi connectivity index (χ3v) is 2.52. The van der Waals surface area contributed by atoms with Crippen LogP contribution in [0.4, 0.5) is 0 Å². The number of nitrogens with zero attached hydrogens (tertiary/aromatic N) is 1. The zero-order chi connectivity index (χ0) is 11.5. The number of halogens is 1. The standard InChI is InChI=1S/C11H9ClN2O2/c1-16-11(15)9-3-2-7(4-10(9)12)8-5-13-14-6-8/h2-6H,1H3,(H,13,14). The Hall–Kier alpha value is -1.81. The molecule has 1 aromatic heterocycles. The minimum atomic E-state index is -0.441. The number of benzene rings is 1. The number of H-pyrrole nitrogens is 1. The molecular weight excluding hydrogens is 228 g/mol. The Kier molecular flexibility index (Phi) is 2.92. The number of methoxy groups -OCH3 is 1. The average molecular weight is 237 g/mol. The summed E-state index contributed by atoms with van der Waals surface area (Å²) in [6.07, 6.45) is 3.44. The van der Waals surface area contributed by atoms with E-state index in [9.17, 15) is 4.79 Å². The molecule has 82 valence electrons. The van der Waals surface area contributed by atoms with E-state index in [2.05, 4.69) is 14.9 Å². The molecule has 2 aromatic rings. The van der Waals surface area contributed by atoms with E-state index in [1.165, 1.54) is 7.11 Å². The van der Waals surface area contributed by atoms with Crippen LogP contribution in [-0.4, -0.2) is 23.3 Å². The minimum Gasteiger partial charge on any atom is -0.465 e. The molecule has 0 saturated heterocycles. The van der Waals surface area contributed by atoms with Gasteiger partial charge in [0.05, 0.1) is 23.9 Å². The van der Waals surface area contributed by atoms with Gasteiger partial charge >= 0.3 is 5.97 Å². The Morgan fingerprint density at radius 3 is 2.81 bits per heavy atom. The number of hydrogen-bond acceptors (Lipinski definition) is 3. The Labute approximate surface area is 97.2 Å². The van der Waals surface area contributed by atoms with Crippen molar-refractivity contribution in [1.82, 2.24) is 10.2 Å². The number of rotatable bonds is 2. The topological polar surface area (TPSA) is 55.0 Å². The summed E-state index contributed by atoms with van der Waals surface area (Å²) in [7, 11) is 1.32. The lowest BCUT2D eigenvalue weighted by Crippen LogP contribution is -2.01. The second kappa shape index (κ2) is 4.37. The summed E-state index contributed by atoms with van der Waals surface area (Å²) in [5, 5.41) is 6.92. The van der Waals surface area contributed by atoms with E-state index in [0.717, 1.165) is 11.1 Å². The zero-order valence-corrected chi connectivity index (χ0v) is 9.28. The first-order chi connectivity index (χ1) is 7.72. The van der Waals surface area contributed by atoms with Crippen LogP contribution in [0.15, 0.2) is 30.6 Å². The lowest BCUT2D eigenvalue weighted by Gasteiger charge is -2.04. The second-order valence-electron chi connectivity index (χ2n) is 3.17. The number of esters is 1. The summed E-state index contributed by atoms with van der Waals surface area (Å²) in [6, 6.07) is 5.14. The molecule has 0 radical (unpaired) electrons. The number of ether oxygens (including phenoxy) is 1. The minimum absolute atomic E-state index is 0.358. The van der Waals surface area contributed by atoms with Gasteiger partial charge in [-0.05, 0) is 17.7 Å². The molecular formula is C11H9ClN2O2. The smallest absolute Gasteiger partial charge is 0.339 e. The molecule has 0 atom stereocenters. The zero-order valence-electron chi connectivity index (χ0n) is 8.53. The highest BCUT2D eigenvalue weighted by Gasteiger charge is 2.11. The highest BCUT2D eigenvalue weighted by atomic mass is 35.5. The Morgan fingerprint density at radius 2 is 2.25 bits per heavy atom. The number of carbonyl (C=O) groups excluding carboxylic acids is 1. The Morgan fingerprint density at radius 1 is 1.44 bits per heavy atom. The lowest BCUT2D eigenvalue weighted by atomic mass is 10.1. The van der Waals surface area contributed by atoms with Crippen LogP contribution in [0.25, 0.3) is 11.1 Å². The summed E-state index contributed by atoms with van der Waals surface area (Å²) in [5.41, 5.74) is 2.17. The quantitative estimate of drug-likeness (QED) is 0.816. The van der Waals surface area contributed by atoms with Gasteiger partial charge in [0, 0.05) is 11.8 Å². The van der Waals surface area contributed by atoms with Gasteiger partial charge in [-0.1, -0.05) is 17.7 Å². The largest absolute Gasteiger partial charge is 0.465 e. The lowest BCUT2D eigenvalue weighted by molar-refractivity contribution is 0.0601. The van der Waals surface area contributed by atoms with Gasteiger partial charge in [-0.3, -0.25) is 5.10 Å². The van der Waals surface area contributed by atoms with Crippen molar-refractivity contribution in [2.24, 2.45) is 0 Å². The average Bonchev–Trinajstić information content (AvgIpc) is 2.81. The third-order valence-electron chi connectivity index (χ3n) is 2.21. The molecule has 0 fully saturated rings. The first kappa shape index (κ1) is 10.7. The first-order valence-electron chi connectivity index (χ1n) is 4.59. The molecule has 0 saturated carbocycles. The van der Waals surface area contributed by atoms with E-state index in [4.69, 9.17) is 11.6 Å². The van der Waals surface area contributed by atoms with Gasteiger partial charge in [-0.15, -0.1) is 0 Å². The monoisotopic (exact) mass is 236 g/mol. The molecule has 4 nitrogen and oxygen atoms in total. The van der Waals surface area contributed by atoms with Crippen molar-refractivity contribution in [1.29, 1.82) is 0 Å². The number of hydrogen-bond donors (Lipinski definition) is 1. The molecule has 1 heterocycles. The predicted molar refractivity (Wildman–Crippen MR) is 60.4 cm³/mol. The van der Waals surface area contributed by atoms with Crippen molar-refractivity contribution < 1.29 is 9.53 Å². The molecule has 1 aromatic carbocycles. The molecule has 0 aliphatic heterocycles. The molecule has 0 aliphatic rings. The van der Waals surface area contributed by atoms with Crippen LogP contribution in [-0.2, 0) is 4.74 Å². The van der Waals surface area contributed by atoms with E-state index < -0.39 is 5.97 Å². The van der Waals surface area contributed by atoms with E-state index in [0.29, 0.717) is 10.6 Å². The van der Waals surface area contributed by atoms with Crippen molar-refractivity contribution in [2.75, 3.05) is 7.11 Å². The maximum Gasteiger partial charge on any atom is 0.339 e. The molecule has 0 bridgehead atoms. The summed E-state index contributed by atoms with van der Waals surface area (Å²) in [5.74, 6) is -0.441. The molecule has 5 heteroatoms. The molecule has 0 spiro atoms. The number of nitrogens with one attached hydrogen (secondary N) is 1. The number of aromatic amines is 1. The summed E-state index contributed by atoms with van der Waals surface area (Å²) in [6.45, 7) is 0. The van der Waals surface area contributed by atoms with Gasteiger partial charge in [0.15, 0.2) is 0 Å². The maximum atomic E-state index is 11.3. The summed E-state index contributed by atoms with van der Waals surface area (Å²) < 4.78 is 4.61. The van der Waals surface area contributed by atoms with Crippen LogP contribution in [0.2, 0.25) is 5.02 Å². The Balaban J connectivity index is 2.41. The van der Waals surface area contributed by atoms with Crippen LogP contribution in [0, 0.1) is 0 Å². The third kappa shape index (κ3) is 1.92. The summed E-state index contributed by atoms with van der Waals surface area (Å²) in [4.78, 5) is 11.3. The van der Waals surface area contributed by atoms with Crippen molar-refractivity contribution in [3.05, 3.63) is 41.2 Å². The van der Waals surface area contributed by atoms with E-state index >= 15 is 0 Å². The van der Waals surface area contributed by atoms with E-state index in [1.54, 1.807) is 30.6 Å². The van der Waals surface area contributed by atoms with Crippen LogP contribution < -0.4 is 0 Å². The number of carbonyl (C=O) groups is 1. The van der Waals surface area contributed by atoms with Gasteiger partial charge in [0.25, 0.3) is 0 Å². The van der Waals surface area contributed by atoms with Crippen LogP contribution in [0.3, 0.4) is 0 Å². The van der Waals surface area contributed by atoms with Gasteiger partial charge in [0.2, 0.25) is 0 Å². The SMILES string of the molecule is COC(=O)c1ccc(-c2cn[nH]c2)cc1Cl. The van der Waals surface area contributed by atoms with Gasteiger partial charge < -0.3 is 4.74 Å². The van der Waals surface area contributed by atoms with Crippen molar-refractivity contribution in [3.63, 3.8) is 0 Å². The molecule has 0 aliphatic carbocycles. The fourth-order valence-corrected chi connectivity index (χ4v) is 1.64. The van der Waals surface area contributed by atoms with Crippen molar-refractivity contribution >= 4 is 17.6 Å². The van der Waals surface area contributed by atoms with Crippen molar-refractivity contribution in [3.8, 4) is 11.1 Å². The van der Waals surface area contributed by atoms with Gasteiger partial charge in [-0.25, -0.2) is 4.79 Å². The first-order valence-corrected chi connectivity index (χ1v) is 4.97. The molecule has 0 amide bonds. The fraction of sp³-hybridized carbons (Fsp3) is 0.0909. The predicted octanol–water partition coefficient (Wildman–Crippen LogP) is 2.52. The molecule has 0 unspecified atom stereocenters. The second-order valence-corrected chi connectivity index (χ2v) is 3.58. The highest BCUT2D eigenvalue weighted by Crippen LogP contribution is 2.25. The Bertz CT molecular complexity index is 509. The fourth-order valence-electron chi connectivity index (χ4n) is 1.38. The van der Waals surface area contributed by atoms with Crippen LogP contribution >= 0.6 is 11.6 Å². The number of aromatic nitrogens is 2. The normalized spacial score (nSPS) is 10.1. The van der Waals surface area contributed by atoms with Crippen LogP contribution in [0.1, 0.15) is 10.4 Å². The van der Waals surface area contributed by atoms with Crippen LogP contribution in [0.5, 0.6) is 0 Å². The molecule has 2 rings (SSSR count). The van der Waals surface area contributed by atoms with E-state index in [1.807, 2.05) is 0 Å². The summed E-state index contributed by atoms with van der Waals surface area (Å²) >= 11 is 5.99.